The van der Waals surface area contributed by atoms with Crippen LogP contribution in [0.15, 0.2) is 18.3 Å². The third-order valence-corrected chi connectivity index (χ3v) is 2.73. The van der Waals surface area contributed by atoms with Crippen LogP contribution < -0.4 is 0 Å². The zero-order valence-electron chi connectivity index (χ0n) is 8.14. The summed E-state index contributed by atoms with van der Waals surface area (Å²) in [5.74, 6) is -3.39. The van der Waals surface area contributed by atoms with Crippen LogP contribution in [0, 0.1) is 5.95 Å². The Morgan fingerprint density at radius 1 is 1.40 bits per heavy atom. The summed E-state index contributed by atoms with van der Waals surface area (Å²) in [6.07, 6.45) is 0.446. The summed E-state index contributed by atoms with van der Waals surface area (Å²) >= 11 is 0. The quantitative estimate of drug-likeness (QED) is 0.710. The maximum atomic E-state index is 12.8. The van der Waals surface area contributed by atoms with Gasteiger partial charge in [0.05, 0.1) is 0 Å². The number of aromatic nitrogens is 1. The molecular formula is C10H10F3NO. The van der Waals surface area contributed by atoms with Crippen LogP contribution >= 0.6 is 0 Å². The molecule has 0 aliphatic heterocycles. The Morgan fingerprint density at radius 3 is 2.53 bits per heavy atom. The number of hydrogen-bond donors (Lipinski definition) is 0. The monoisotopic (exact) mass is 217 g/mol. The van der Waals surface area contributed by atoms with Gasteiger partial charge in [-0.2, -0.15) is 4.39 Å². The fourth-order valence-electron chi connectivity index (χ4n) is 1.94. The average molecular weight is 217 g/mol. The van der Waals surface area contributed by atoms with Gasteiger partial charge >= 0.3 is 0 Å². The van der Waals surface area contributed by atoms with E-state index in [1.807, 2.05) is 0 Å². The topological polar surface area (TPSA) is 22.1 Å². The molecule has 2 nitrogen and oxygen atoms in total. The lowest BCUT2D eigenvalue weighted by Gasteiger charge is -2.46. The maximum Gasteiger partial charge on any atom is 0.254 e. The molecule has 1 saturated carbocycles. The van der Waals surface area contributed by atoms with Crippen molar-refractivity contribution >= 4 is 0 Å². The lowest BCUT2D eigenvalue weighted by molar-refractivity contribution is -0.224. The third-order valence-electron chi connectivity index (χ3n) is 2.73. The number of halogens is 3. The van der Waals surface area contributed by atoms with Gasteiger partial charge in [-0.15, -0.1) is 0 Å². The summed E-state index contributed by atoms with van der Waals surface area (Å²) in [7, 11) is 1.35. The van der Waals surface area contributed by atoms with E-state index in [-0.39, 0.29) is 0 Å². The average Bonchev–Trinajstić information content (AvgIpc) is 2.13. The first-order chi connectivity index (χ1) is 6.97. The molecular weight excluding hydrogens is 207 g/mol. The second-order valence-electron chi connectivity index (χ2n) is 3.78. The van der Waals surface area contributed by atoms with E-state index in [9.17, 15) is 13.2 Å². The largest absolute Gasteiger partial charge is 0.373 e. The number of alkyl halides is 2. The summed E-state index contributed by atoms with van der Waals surface area (Å²) in [5.41, 5.74) is -0.628. The molecule has 15 heavy (non-hydrogen) atoms. The molecule has 1 aromatic rings. The van der Waals surface area contributed by atoms with E-state index in [1.54, 1.807) is 0 Å². The van der Waals surface area contributed by atoms with Gasteiger partial charge in [0.15, 0.2) is 0 Å². The molecule has 1 aliphatic rings. The highest BCUT2D eigenvalue weighted by Gasteiger charge is 2.58. The van der Waals surface area contributed by atoms with Crippen molar-refractivity contribution in [1.82, 2.24) is 4.98 Å². The highest BCUT2D eigenvalue weighted by Crippen LogP contribution is 2.53. The van der Waals surface area contributed by atoms with E-state index in [0.29, 0.717) is 5.56 Å². The van der Waals surface area contributed by atoms with Crippen LogP contribution in [0.2, 0.25) is 0 Å². The van der Waals surface area contributed by atoms with Crippen LogP contribution in [0.3, 0.4) is 0 Å². The van der Waals surface area contributed by atoms with E-state index in [0.717, 1.165) is 6.07 Å². The Kier molecular flexibility index (Phi) is 2.22. The lowest BCUT2D eigenvalue weighted by Crippen LogP contribution is -2.50. The highest BCUT2D eigenvalue weighted by atomic mass is 19.3. The van der Waals surface area contributed by atoms with Gasteiger partial charge < -0.3 is 4.74 Å². The fourth-order valence-corrected chi connectivity index (χ4v) is 1.94. The highest BCUT2D eigenvalue weighted by molar-refractivity contribution is 5.25. The lowest BCUT2D eigenvalue weighted by atomic mass is 9.72. The minimum absolute atomic E-state index is 0.403. The van der Waals surface area contributed by atoms with Gasteiger partial charge in [-0.3, -0.25) is 0 Å². The normalized spacial score (nSPS) is 22.1. The summed E-state index contributed by atoms with van der Waals surface area (Å²) in [6.45, 7) is 0. The molecule has 1 heterocycles. The zero-order valence-corrected chi connectivity index (χ0v) is 8.14. The molecule has 1 aliphatic carbocycles. The number of hydrogen-bond acceptors (Lipinski definition) is 2. The smallest absolute Gasteiger partial charge is 0.254 e. The van der Waals surface area contributed by atoms with Gasteiger partial charge in [-0.05, 0) is 17.7 Å². The van der Waals surface area contributed by atoms with Crippen LogP contribution in [0.4, 0.5) is 13.2 Å². The van der Waals surface area contributed by atoms with Gasteiger partial charge in [-0.1, -0.05) is 0 Å². The molecule has 0 saturated heterocycles. The molecule has 0 spiro atoms. The van der Waals surface area contributed by atoms with Crippen LogP contribution in [0.1, 0.15) is 18.4 Å². The minimum Gasteiger partial charge on any atom is -0.373 e. The predicted molar refractivity (Wildman–Crippen MR) is 47.1 cm³/mol. The Bertz CT molecular complexity index is 373. The summed E-state index contributed by atoms with van der Waals surface area (Å²) in [5, 5.41) is 0. The summed E-state index contributed by atoms with van der Waals surface area (Å²) < 4.78 is 43.5. The van der Waals surface area contributed by atoms with E-state index in [1.165, 1.54) is 19.4 Å². The first-order valence-corrected chi connectivity index (χ1v) is 4.52. The Morgan fingerprint density at radius 2 is 2.07 bits per heavy atom. The molecule has 0 radical (unpaired) electrons. The SMILES string of the molecule is COC1(c2ccnc(F)c2)CC(F)(F)C1. The van der Waals surface area contributed by atoms with Gasteiger partial charge in [0.2, 0.25) is 5.95 Å². The number of ether oxygens (including phenoxy) is 1. The molecule has 0 atom stereocenters. The van der Waals surface area contributed by atoms with Crippen molar-refractivity contribution in [2.45, 2.75) is 24.4 Å². The van der Waals surface area contributed by atoms with Crippen LogP contribution in [-0.4, -0.2) is 18.0 Å². The van der Waals surface area contributed by atoms with Crippen molar-refractivity contribution in [3.63, 3.8) is 0 Å². The van der Waals surface area contributed by atoms with Crippen molar-refractivity contribution < 1.29 is 17.9 Å². The number of nitrogens with zero attached hydrogens (tertiary/aromatic N) is 1. The molecule has 2 rings (SSSR count). The standard InChI is InChI=1S/C10H10F3NO/c1-15-9(5-10(12,13)6-9)7-2-3-14-8(11)4-7/h2-4H,5-6H2,1H3. The minimum atomic E-state index is -2.71. The van der Waals surface area contributed by atoms with Crippen LogP contribution in [0.5, 0.6) is 0 Å². The summed E-state index contributed by atoms with van der Waals surface area (Å²) in [4.78, 5) is 3.37. The van der Waals surface area contributed by atoms with Crippen molar-refractivity contribution in [2.24, 2.45) is 0 Å². The van der Waals surface area contributed by atoms with E-state index >= 15 is 0 Å². The predicted octanol–water partition coefficient (Wildman–Crippen LogP) is 2.49. The van der Waals surface area contributed by atoms with Crippen molar-refractivity contribution in [3.8, 4) is 0 Å². The molecule has 1 fully saturated rings. The maximum absolute atomic E-state index is 12.8. The van der Waals surface area contributed by atoms with Gasteiger partial charge in [-0.25, -0.2) is 13.8 Å². The number of methoxy groups -OCH3 is 1. The molecule has 0 N–H and O–H groups in total. The molecule has 0 amide bonds. The summed E-state index contributed by atoms with van der Waals surface area (Å²) in [6, 6.07) is 2.64. The first kappa shape index (κ1) is 10.4. The Hall–Kier alpha value is -1.10. The van der Waals surface area contributed by atoms with Gasteiger partial charge in [0.1, 0.15) is 5.60 Å². The number of pyridine rings is 1. The second kappa shape index (κ2) is 3.20. The molecule has 5 heteroatoms. The zero-order chi connectivity index (χ0) is 11.1. The first-order valence-electron chi connectivity index (χ1n) is 4.52. The van der Waals surface area contributed by atoms with E-state index in [2.05, 4.69) is 4.98 Å². The van der Waals surface area contributed by atoms with Crippen molar-refractivity contribution in [1.29, 1.82) is 0 Å². The Balaban J connectivity index is 2.29. The molecule has 82 valence electrons. The van der Waals surface area contributed by atoms with E-state index < -0.39 is 30.3 Å². The molecule has 1 aromatic heterocycles. The molecule has 0 unspecified atom stereocenters. The van der Waals surface area contributed by atoms with Crippen molar-refractivity contribution in [2.75, 3.05) is 7.11 Å². The van der Waals surface area contributed by atoms with E-state index in [4.69, 9.17) is 4.74 Å². The molecule has 0 bridgehead atoms. The second-order valence-corrected chi connectivity index (χ2v) is 3.78. The third kappa shape index (κ3) is 1.71. The fraction of sp³-hybridized carbons (Fsp3) is 0.500. The number of rotatable bonds is 2. The van der Waals surface area contributed by atoms with Crippen LogP contribution in [-0.2, 0) is 10.3 Å². The van der Waals surface area contributed by atoms with Crippen molar-refractivity contribution in [3.05, 3.63) is 29.8 Å². The van der Waals surface area contributed by atoms with Gasteiger partial charge in [0, 0.05) is 26.1 Å². The van der Waals surface area contributed by atoms with Crippen LogP contribution in [0.25, 0.3) is 0 Å². The Labute approximate surface area is 85.1 Å². The molecule has 0 aromatic carbocycles. The van der Waals surface area contributed by atoms with Gasteiger partial charge in [0.25, 0.3) is 5.92 Å².